The largest absolute Gasteiger partial charge is 0.396 e. The lowest BCUT2D eigenvalue weighted by molar-refractivity contribution is 0.0456. The van der Waals surface area contributed by atoms with Crippen molar-refractivity contribution in [3.05, 3.63) is 0 Å². The topological polar surface area (TPSA) is 23.5 Å². The van der Waals surface area contributed by atoms with Gasteiger partial charge in [0.25, 0.3) is 0 Å². The molecule has 0 aromatic carbocycles. The van der Waals surface area contributed by atoms with E-state index < -0.39 is 0 Å². The first kappa shape index (κ1) is 14.7. The minimum atomic E-state index is 0.201. The van der Waals surface area contributed by atoms with E-state index in [1.54, 1.807) is 0 Å². The highest BCUT2D eigenvalue weighted by Gasteiger charge is 2.35. The molecule has 1 aliphatic heterocycles. The first-order valence-corrected chi connectivity index (χ1v) is 8.68. The van der Waals surface area contributed by atoms with Crippen LogP contribution in [-0.4, -0.2) is 46.7 Å². The van der Waals surface area contributed by atoms with Crippen LogP contribution < -0.4 is 0 Å². The number of aliphatic hydroxyl groups excluding tert-OH is 1. The maximum Gasteiger partial charge on any atom is 0.0499 e. The van der Waals surface area contributed by atoms with E-state index in [1.165, 1.54) is 50.8 Å². The Labute approximate surface area is 117 Å². The van der Waals surface area contributed by atoms with Crippen molar-refractivity contribution in [2.24, 2.45) is 5.41 Å². The van der Waals surface area contributed by atoms with Gasteiger partial charge in [0.05, 0.1) is 0 Å². The minimum absolute atomic E-state index is 0.201. The summed E-state index contributed by atoms with van der Waals surface area (Å²) in [5, 5.41) is 10.7. The van der Waals surface area contributed by atoms with E-state index in [1.807, 2.05) is 0 Å². The molecule has 2 fully saturated rings. The predicted octanol–water partition coefficient (Wildman–Crippen LogP) is 3.15. The van der Waals surface area contributed by atoms with E-state index in [2.05, 4.69) is 30.5 Å². The third-order valence-electron chi connectivity index (χ3n) is 5.05. The van der Waals surface area contributed by atoms with Gasteiger partial charge in [0.2, 0.25) is 0 Å². The first-order chi connectivity index (χ1) is 8.67. The Morgan fingerprint density at radius 1 is 1.17 bits per heavy atom. The number of thioether (sulfide) groups is 1. The minimum Gasteiger partial charge on any atom is -0.396 e. The molecule has 2 atom stereocenters. The third kappa shape index (κ3) is 3.43. The predicted molar refractivity (Wildman–Crippen MR) is 80.2 cm³/mol. The summed E-state index contributed by atoms with van der Waals surface area (Å²) < 4.78 is 0. The fourth-order valence-electron chi connectivity index (χ4n) is 3.49. The van der Waals surface area contributed by atoms with Gasteiger partial charge in [-0.1, -0.05) is 32.6 Å². The van der Waals surface area contributed by atoms with Crippen molar-refractivity contribution in [2.45, 2.75) is 63.7 Å². The first-order valence-electron chi connectivity index (χ1n) is 7.63. The molecule has 2 rings (SSSR count). The molecule has 1 saturated carbocycles. The van der Waals surface area contributed by atoms with Crippen LogP contribution in [0.1, 0.15) is 52.4 Å². The summed E-state index contributed by atoms with van der Waals surface area (Å²) in [7, 11) is 0. The molecule has 1 N–H and O–H groups in total. The number of nitrogens with zero attached hydrogens (tertiary/aromatic N) is 1. The zero-order valence-corrected chi connectivity index (χ0v) is 12.8. The normalized spacial score (nSPS) is 34.2. The van der Waals surface area contributed by atoms with Gasteiger partial charge in [-0.15, -0.1) is 0 Å². The second-order valence-corrected chi connectivity index (χ2v) is 7.84. The molecule has 1 aliphatic carbocycles. The average molecular weight is 271 g/mol. The van der Waals surface area contributed by atoms with Gasteiger partial charge in [0, 0.05) is 42.2 Å². The summed E-state index contributed by atoms with van der Waals surface area (Å²) in [6.07, 6.45) is 7.82. The molecule has 0 aromatic heterocycles. The fraction of sp³-hybridized carbons (Fsp3) is 1.00. The van der Waals surface area contributed by atoms with Crippen LogP contribution in [0, 0.1) is 5.41 Å². The fourth-order valence-corrected chi connectivity index (χ4v) is 4.66. The third-order valence-corrected chi connectivity index (χ3v) is 6.39. The van der Waals surface area contributed by atoms with E-state index in [-0.39, 0.29) is 5.41 Å². The van der Waals surface area contributed by atoms with E-state index in [9.17, 15) is 5.11 Å². The quantitative estimate of drug-likeness (QED) is 0.798. The van der Waals surface area contributed by atoms with Crippen LogP contribution in [0.25, 0.3) is 0 Å². The summed E-state index contributed by atoms with van der Waals surface area (Å²) in [5.74, 6) is 1.26. The van der Waals surface area contributed by atoms with Crippen LogP contribution >= 0.6 is 11.8 Å². The van der Waals surface area contributed by atoms with Gasteiger partial charge < -0.3 is 5.11 Å². The molecule has 2 unspecified atom stereocenters. The highest BCUT2D eigenvalue weighted by atomic mass is 32.2. The Bertz CT molecular complexity index is 251. The van der Waals surface area contributed by atoms with Crippen molar-refractivity contribution in [1.29, 1.82) is 0 Å². The molecule has 2 aliphatic rings. The van der Waals surface area contributed by atoms with E-state index >= 15 is 0 Å². The van der Waals surface area contributed by atoms with Crippen LogP contribution in [0.3, 0.4) is 0 Å². The maximum atomic E-state index is 9.92. The van der Waals surface area contributed by atoms with Gasteiger partial charge in [-0.2, -0.15) is 11.8 Å². The monoisotopic (exact) mass is 271 g/mol. The van der Waals surface area contributed by atoms with Crippen molar-refractivity contribution in [3.63, 3.8) is 0 Å². The lowest BCUT2D eigenvalue weighted by atomic mass is 9.80. The SMILES string of the molecule is CC1SCCN(CC2(CO)CCCCCC2)C1C. The molecule has 0 spiro atoms. The lowest BCUT2D eigenvalue weighted by Crippen LogP contribution is -2.50. The van der Waals surface area contributed by atoms with Gasteiger partial charge in [0.15, 0.2) is 0 Å². The highest BCUT2D eigenvalue weighted by molar-refractivity contribution is 8.00. The van der Waals surface area contributed by atoms with Gasteiger partial charge >= 0.3 is 0 Å². The molecule has 0 amide bonds. The number of aliphatic hydroxyl groups is 1. The molecule has 0 aromatic rings. The Hall–Kier alpha value is 0.270. The Morgan fingerprint density at radius 2 is 1.83 bits per heavy atom. The molecule has 0 bridgehead atoms. The van der Waals surface area contributed by atoms with E-state index in [4.69, 9.17) is 0 Å². The second kappa shape index (κ2) is 6.62. The molecule has 106 valence electrons. The van der Waals surface area contributed by atoms with Gasteiger partial charge in [0.1, 0.15) is 0 Å². The van der Waals surface area contributed by atoms with Crippen molar-refractivity contribution >= 4 is 11.8 Å². The summed E-state index contributed by atoms with van der Waals surface area (Å²) in [4.78, 5) is 2.64. The molecular weight excluding hydrogens is 242 g/mol. The lowest BCUT2D eigenvalue weighted by Gasteiger charge is -2.43. The number of hydrogen-bond acceptors (Lipinski definition) is 3. The Balaban J connectivity index is 1.99. The summed E-state index contributed by atoms with van der Waals surface area (Å²) >= 11 is 2.10. The van der Waals surface area contributed by atoms with Crippen molar-refractivity contribution < 1.29 is 5.11 Å². The molecule has 2 nitrogen and oxygen atoms in total. The van der Waals surface area contributed by atoms with Crippen LogP contribution in [0.2, 0.25) is 0 Å². The van der Waals surface area contributed by atoms with Crippen molar-refractivity contribution in [2.75, 3.05) is 25.4 Å². The highest BCUT2D eigenvalue weighted by Crippen LogP contribution is 2.37. The van der Waals surface area contributed by atoms with Gasteiger partial charge in [-0.3, -0.25) is 4.90 Å². The molecule has 3 heteroatoms. The van der Waals surface area contributed by atoms with Gasteiger partial charge in [-0.25, -0.2) is 0 Å². The van der Waals surface area contributed by atoms with E-state index in [0.29, 0.717) is 12.6 Å². The summed E-state index contributed by atoms with van der Waals surface area (Å²) in [6, 6.07) is 0.662. The molecule has 1 heterocycles. The second-order valence-electron chi connectivity index (χ2n) is 6.36. The smallest absolute Gasteiger partial charge is 0.0499 e. The van der Waals surface area contributed by atoms with Crippen LogP contribution in [-0.2, 0) is 0 Å². The van der Waals surface area contributed by atoms with Crippen molar-refractivity contribution in [3.8, 4) is 0 Å². The molecule has 18 heavy (non-hydrogen) atoms. The van der Waals surface area contributed by atoms with Crippen LogP contribution in [0.15, 0.2) is 0 Å². The van der Waals surface area contributed by atoms with Gasteiger partial charge in [-0.05, 0) is 19.8 Å². The zero-order valence-electron chi connectivity index (χ0n) is 12.0. The summed E-state index contributed by atoms with van der Waals surface area (Å²) in [5.41, 5.74) is 0.201. The summed E-state index contributed by atoms with van der Waals surface area (Å²) in [6.45, 7) is 7.42. The average Bonchev–Trinajstić information content (AvgIpc) is 2.61. The zero-order chi connectivity index (χ0) is 13.0. The number of hydrogen-bond donors (Lipinski definition) is 1. The Morgan fingerprint density at radius 3 is 2.44 bits per heavy atom. The molecule has 1 saturated heterocycles. The molecular formula is C15H29NOS. The van der Waals surface area contributed by atoms with Crippen molar-refractivity contribution in [1.82, 2.24) is 4.90 Å². The number of rotatable bonds is 3. The standard InChI is InChI=1S/C15H29NOS/c1-13-14(2)18-10-9-16(13)11-15(12-17)7-5-3-4-6-8-15/h13-14,17H,3-12H2,1-2H3. The Kier molecular flexibility index (Phi) is 5.40. The van der Waals surface area contributed by atoms with Crippen LogP contribution in [0.4, 0.5) is 0 Å². The molecule has 0 radical (unpaired) electrons. The van der Waals surface area contributed by atoms with E-state index in [0.717, 1.165) is 11.8 Å². The van der Waals surface area contributed by atoms with Crippen LogP contribution in [0.5, 0.6) is 0 Å². The maximum absolute atomic E-state index is 9.92.